The molecule has 0 spiro atoms. The van der Waals surface area contributed by atoms with E-state index in [1.807, 2.05) is 44.4 Å². The van der Waals surface area contributed by atoms with Gasteiger partial charge in [-0.25, -0.2) is 9.37 Å². The van der Waals surface area contributed by atoms with Crippen molar-refractivity contribution in [3.05, 3.63) is 73.1 Å². The first-order valence-corrected chi connectivity index (χ1v) is 15.7. The minimum Gasteiger partial charge on any atom is -0.384 e. The maximum absolute atomic E-state index is 14.7. The molecule has 0 atom stereocenters. The van der Waals surface area contributed by atoms with E-state index in [2.05, 4.69) is 45.7 Å². The Balaban J connectivity index is 1.19. The number of halogens is 1. The molecule has 46 heavy (non-hydrogen) atoms. The number of pyridine rings is 3. The molecule has 7 rings (SSSR count). The quantitative estimate of drug-likeness (QED) is 0.140. The second-order valence-corrected chi connectivity index (χ2v) is 12.2. The molecule has 1 aliphatic carbocycles. The number of hydrogen-bond acceptors (Lipinski definition) is 7. The summed E-state index contributed by atoms with van der Waals surface area (Å²) in [6.45, 7) is 1.52. The first-order valence-electron chi connectivity index (χ1n) is 15.7. The number of amides is 1. The maximum Gasteiger partial charge on any atom is 0.227 e. The number of H-pyrrole nitrogens is 2. The Labute approximate surface area is 265 Å². The number of rotatable bonds is 9. The van der Waals surface area contributed by atoms with Crippen LogP contribution in [0.1, 0.15) is 32.1 Å². The maximum atomic E-state index is 14.7. The van der Waals surface area contributed by atoms with E-state index in [0.29, 0.717) is 40.5 Å². The largest absolute Gasteiger partial charge is 0.384 e. The SMILES string of the molecule is CN(C)CCNc1cc(F)cc(-c2nccc3[nH]c(-c4n[nH]c5ncc(-c6cncc(NC(=O)C7CCCCC7)c6)cc45)cc23)c1. The van der Waals surface area contributed by atoms with Gasteiger partial charge in [0.1, 0.15) is 11.5 Å². The average Bonchev–Trinajstić information content (AvgIpc) is 3.69. The number of nitrogens with one attached hydrogen (secondary N) is 4. The van der Waals surface area contributed by atoms with Crippen LogP contribution in [-0.2, 0) is 4.79 Å². The monoisotopic (exact) mass is 617 g/mol. The molecule has 0 radical (unpaired) electrons. The van der Waals surface area contributed by atoms with Crippen molar-refractivity contribution in [3.8, 4) is 33.8 Å². The standard InChI is InChI=1S/C35H36FN9O/c1-45(2)11-10-38-26-13-22(12-25(36)16-26)32-28-17-31(42-30(28)8-9-39-32)33-29-15-24(19-40-34(29)44-43-33)23-14-27(20-37-18-23)41-35(46)21-6-4-3-5-7-21/h8-9,12-21,38,42H,3-7,10-11H2,1-2H3,(H,41,46)(H,40,43,44). The van der Waals surface area contributed by atoms with E-state index in [-0.39, 0.29) is 17.6 Å². The van der Waals surface area contributed by atoms with Gasteiger partial charge in [0, 0.05) is 76.3 Å². The van der Waals surface area contributed by atoms with E-state index in [0.717, 1.165) is 65.3 Å². The van der Waals surface area contributed by atoms with Gasteiger partial charge in [0.05, 0.1) is 23.3 Å². The Kier molecular flexibility index (Phi) is 8.15. The summed E-state index contributed by atoms with van der Waals surface area (Å²) >= 11 is 0. The number of hydrogen-bond donors (Lipinski definition) is 4. The number of fused-ring (bicyclic) bond motifs is 2. The molecule has 10 nitrogen and oxygen atoms in total. The van der Waals surface area contributed by atoms with Crippen LogP contribution in [0.3, 0.4) is 0 Å². The van der Waals surface area contributed by atoms with Gasteiger partial charge < -0.3 is 20.5 Å². The number of aromatic nitrogens is 6. The van der Waals surface area contributed by atoms with Crippen LogP contribution in [0.4, 0.5) is 15.8 Å². The summed E-state index contributed by atoms with van der Waals surface area (Å²) in [4.78, 5) is 32.1. The van der Waals surface area contributed by atoms with Crippen molar-refractivity contribution in [2.45, 2.75) is 32.1 Å². The minimum absolute atomic E-state index is 0.0589. The van der Waals surface area contributed by atoms with Crippen LogP contribution >= 0.6 is 0 Å². The van der Waals surface area contributed by atoms with E-state index in [1.54, 1.807) is 24.8 Å². The van der Waals surface area contributed by atoms with Gasteiger partial charge in [0.2, 0.25) is 5.91 Å². The molecule has 5 heterocycles. The molecule has 1 aromatic carbocycles. The van der Waals surface area contributed by atoms with E-state index in [9.17, 15) is 9.18 Å². The molecule has 1 saturated carbocycles. The van der Waals surface area contributed by atoms with Crippen LogP contribution in [0.5, 0.6) is 0 Å². The zero-order valence-corrected chi connectivity index (χ0v) is 25.9. The summed E-state index contributed by atoms with van der Waals surface area (Å²) in [6, 6.07) is 12.8. The molecule has 0 bridgehead atoms. The fraction of sp³-hybridized carbons (Fsp3) is 0.286. The van der Waals surface area contributed by atoms with Crippen molar-refractivity contribution in [2.75, 3.05) is 37.8 Å². The molecule has 11 heteroatoms. The fourth-order valence-electron chi connectivity index (χ4n) is 6.21. The Morgan fingerprint density at radius 2 is 1.74 bits per heavy atom. The van der Waals surface area contributed by atoms with Crippen molar-refractivity contribution in [1.29, 1.82) is 0 Å². The smallest absolute Gasteiger partial charge is 0.227 e. The Bertz CT molecular complexity index is 2030. The van der Waals surface area contributed by atoms with Crippen LogP contribution in [0, 0.1) is 11.7 Å². The summed E-state index contributed by atoms with van der Waals surface area (Å²) < 4.78 is 14.7. The van der Waals surface area contributed by atoms with Gasteiger partial charge in [0.15, 0.2) is 5.65 Å². The van der Waals surface area contributed by atoms with Gasteiger partial charge >= 0.3 is 0 Å². The second-order valence-electron chi connectivity index (χ2n) is 12.2. The molecule has 1 fully saturated rings. The number of carbonyl (C=O) groups is 1. The van der Waals surface area contributed by atoms with Gasteiger partial charge in [0.25, 0.3) is 0 Å². The lowest BCUT2D eigenvalue weighted by atomic mass is 9.88. The topological polar surface area (TPSA) is 128 Å². The number of nitrogens with zero attached hydrogens (tertiary/aromatic N) is 5. The molecule has 234 valence electrons. The van der Waals surface area contributed by atoms with Crippen molar-refractivity contribution >= 4 is 39.2 Å². The molecule has 1 amide bonds. The highest BCUT2D eigenvalue weighted by atomic mass is 19.1. The van der Waals surface area contributed by atoms with Crippen LogP contribution < -0.4 is 10.6 Å². The van der Waals surface area contributed by atoms with Crippen molar-refractivity contribution < 1.29 is 9.18 Å². The molecule has 5 aromatic heterocycles. The molecule has 6 aromatic rings. The fourth-order valence-corrected chi connectivity index (χ4v) is 6.21. The number of aromatic amines is 2. The zero-order chi connectivity index (χ0) is 31.6. The third-order valence-corrected chi connectivity index (χ3v) is 8.59. The molecule has 0 unspecified atom stereocenters. The number of benzene rings is 1. The van der Waals surface area contributed by atoms with Crippen molar-refractivity contribution in [2.24, 2.45) is 5.92 Å². The average molecular weight is 618 g/mol. The third-order valence-electron chi connectivity index (χ3n) is 8.59. The molecule has 1 aliphatic rings. The normalized spacial score (nSPS) is 13.9. The van der Waals surface area contributed by atoms with E-state index in [1.165, 1.54) is 18.6 Å². The molecular weight excluding hydrogens is 581 g/mol. The molecule has 0 aliphatic heterocycles. The highest BCUT2D eigenvalue weighted by molar-refractivity contribution is 6.00. The molecular formula is C35H36FN9O. The zero-order valence-electron chi connectivity index (χ0n) is 25.9. The van der Waals surface area contributed by atoms with Gasteiger partial charge in [-0.1, -0.05) is 19.3 Å². The lowest BCUT2D eigenvalue weighted by molar-refractivity contribution is -0.120. The van der Waals surface area contributed by atoms with Crippen LogP contribution in [-0.4, -0.2) is 68.1 Å². The minimum atomic E-state index is -0.330. The molecule has 4 N–H and O–H groups in total. The van der Waals surface area contributed by atoms with Crippen LogP contribution in [0.15, 0.2) is 67.3 Å². The number of likely N-dealkylation sites (N-methyl/N-ethyl adjacent to an activating group) is 1. The van der Waals surface area contributed by atoms with Gasteiger partial charge in [-0.2, -0.15) is 5.10 Å². The Hall–Kier alpha value is -5.16. The summed E-state index contributed by atoms with van der Waals surface area (Å²) in [5.74, 6) is -0.209. The van der Waals surface area contributed by atoms with E-state index in [4.69, 9.17) is 0 Å². The summed E-state index contributed by atoms with van der Waals surface area (Å²) in [7, 11) is 4.00. The van der Waals surface area contributed by atoms with Crippen LogP contribution in [0.25, 0.3) is 55.7 Å². The van der Waals surface area contributed by atoms with Crippen molar-refractivity contribution in [3.63, 3.8) is 0 Å². The Morgan fingerprint density at radius 1 is 0.913 bits per heavy atom. The second kappa shape index (κ2) is 12.7. The lowest BCUT2D eigenvalue weighted by Crippen LogP contribution is -2.24. The van der Waals surface area contributed by atoms with E-state index < -0.39 is 0 Å². The highest BCUT2D eigenvalue weighted by Crippen LogP contribution is 2.35. The summed E-state index contributed by atoms with van der Waals surface area (Å²) in [6.07, 6.45) is 12.2. The third kappa shape index (κ3) is 6.18. The summed E-state index contributed by atoms with van der Waals surface area (Å²) in [5, 5.41) is 15.7. The van der Waals surface area contributed by atoms with Crippen LogP contribution in [0.2, 0.25) is 0 Å². The predicted octanol–water partition coefficient (Wildman–Crippen LogP) is 6.86. The lowest BCUT2D eigenvalue weighted by Gasteiger charge is -2.20. The first kappa shape index (κ1) is 29.5. The molecule has 0 saturated heterocycles. The van der Waals surface area contributed by atoms with Crippen molar-refractivity contribution in [1.82, 2.24) is 35.0 Å². The van der Waals surface area contributed by atoms with E-state index >= 15 is 0 Å². The predicted molar refractivity (Wildman–Crippen MR) is 180 cm³/mol. The summed E-state index contributed by atoms with van der Waals surface area (Å²) in [5.41, 5.74) is 7.40. The van der Waals surface area contributed by atoms with Gasteiger partial charge in [-0.05, 0) is 69.4 Å². The first-order chi connectivity index (χ1) is 22.4. The Morgan fingerprint density at radius 3 is 2.59 bits per heavy atom. The van der Waals surface area contributed by atoms with Gasteiger partial charge in [-0.3, -0.25) is 19.9 Å². The van der Waals surface area contributed by atoms with Gasteiger partial charge in [-0.15, -0.1) is 0 Å². The number of anilines is 2. The highest BCUT2D eigenvalue weighted by Gasteiger charge is 2.21. The number of carbonyl (C=O) groups excluding carboxylic acids is 1.